The molecule has 109 heavy (non-hydrogen) atoms. The first-order chi connectivity index (χ1) is 51.6. The number of nitrogens with two attached hydrogens (primary N) is 2. The Bertz CT molecular complexity index is 5060. The number of sulfonamides is 2. The highest BCUT2D eigenvalue weighted by Crippen LogP contribution is 2.39. The molecule has 4 aromatic heterocycles. The predicted octanol–water partition coefficient (Wildman–Crippen LogP) is 11.3. The van der Waals surface area contributed by atoms with Crippen molar-refractivity contribution in [3.05, 3.63) is 140 Å². The van der Waals surface area contributed by atoms with Gasteiger partial charge in [0.15, 0.2) is 0 Å². The molecule has 4 atom stereocenters. The number of aromatic nitrogens is 4. The van der Waals surface area contributed by atoms with Gasteiger partial charge in [-0.25, -0.2) is 46.0 Å². The standard InChI is InChI=1S/C21H28N4O2S.C20H30N4O2S.2C20H26N4O2S/c1-4-18-14-23-20-13-16(3)15(2)12-19(20)21(18)25-10-5-6-17(8-11-25)7-9-24-28(22,26)27;1-14-11-18-19(12-15(14)2)22-13-16(3)20(18)24-9-4-5-17(7-10-24)6-8-23-27(21,25)26;2*1-14-9-18-19(10-15(14)2)22-13-17(11-21)20(18)24-7-4-5-16(6-8-24)12-23-27(3,25)26/h1,12-14,17,24H,5-11H2,2-3H3,(H2,22,26,27);11-13,17,23H,4-10H2,1-3H3,(H2,21,25,26);2*9-10,13,16,23H,4-8,12H2,1-3H3/t17-;;16-;/m0.0./s1. The van der Waals surface area contributed by atoms with Crippen molar-refractivity contribution in [2.45, 2.75) is 152 Å². The predicted molar refractivity (Wildman–Crippen MR) is 442 cm³/mol. The zero-order valence-corrected chi connectivity index (χ0v) is 68.5. The number of pyridine rings is 4. The second kappa shape index (κ2) is 37.7. The summed E-state index contributed by atoms with van der Waals surface area (Å²) in [5.41, 5.74) is 21.1. The van der Waals surface area contributed by atoms with Gasteiger partial charge in [0, 0.05) is 125 Å². The lowest BCUT2D eigenvalue weighted by Gasteiger charge is -2.26. The summed E-state index contributed by atoms with van der Waals surface area (Å²) in [7, 11) is -13.5. The third-order valence-electron chi connectivity index (χ3n) is 22.0. The van der Waals surface area contributed by atoms with Crippen LogP contribution < -0.4 is 48.8 Å². The maximum Gasteiger partial charge on any atom is 0.274 e. The Morgan fingerprint density at radius 3 is 0.972 bits per heavy atom. The Morgan fingerprint density at radius 1 is 0.385 bits per heavy atom. The number of hydrogen-bond acceptors (Lipinski definition) is 18. The molecule has 4 aliphatic heterocycles. The van der Waals surface area contributed by atoms with Crippen molar-refractivity contribution < 1.29 is 33.7 Å². The fourth-order valence-corrected chi connectivity index (χ4v) is 17.3. The van der Waals surface area contributed by atoms with Gasteiger partial charge in [-0.3, -0.25) is 19.9 Å². The van der Waals surface area contributed by atoms with E-state index < -0.39 is 40.5 Å². The monoisotopic (exact) mass is 1560 g/mol. The van der Waals surface area contributed by atoms with Crippen molar-refractivity contribution in [3.63, 3.8) is 0 Å². The number of rotatable bonds is 18. The Labute approximate surface area is 647 Å². The summed E-state index contributed by atoms with van der Waals surface area (Å²) in [5.74, 6) is 4.41. The number of nitriles is 2. The van der Waals surface area contributed by atoms with Gasteiger partial charge in [-0.1, -0.05) is 5.92 Å². The molecule has 8 heterocycles. The van der Waals surface area contributed by atoms with Crippen molar-refractivity contribution in [1.29, 1.82) is 10.5 Å². The zero-order valence-electron chi connectivity index (χ0n) is 65.2. The topological polar surface area (TPSA) is 349 Å². The van der Waals surface area contributed by atoms with E-state index >= 15 is 0 Å². The van der Waals surface area contributed by atoms with Crippen LogP contribution in [0, 0.1) is 121 Å². The molecule has 4 fully saturated rings. The summed E-state index contributed by atoms with van der Waals surface area (Å²) in [4.78, 5) is 27.6. The van der Waals surface area contributed by atoms with Crippen LogP contribution in [-0.2, 0) is 40.5 Å². The van der Waals surface area contributed by atoms with Crippen LogP contribution in [0.4, 0.5) is 22.7 Å². The summed E-state index contributed by atoms with van der Waals surface area (Å²) in [5, 5.41) is 33.7. The summed E-state index contributed by atoms with van der Waals surface area (Å²) < 4.78 is 99.7. The Morgan fingerprint density at radius 2 is 0.661 bits per heavy atom. The average molecular weight is 1560 g/mol. The van der Waals surface area contributed by atoms with E-state index in [0.29, 0.717) is 61.0 Å². The van der Waals surface area contributed by atoms with Crippen LogP contribution in [0.15, 0.2) is 73.3 Å². The van der Waals surface area contributed by atoms with Crippen LogP contribution in [0.5, 0.6) is 0 Å². The summed E-state index contributed by atoms with van der Waals surface area (Å²) in [6.07, 6.45) is 29.0. The van der Waals surface area contributed by atoms with Crippen LogP contribution in [0.3, 0.4) is 0 Å². The van der Waals surface area contributed by atoms with Gasteiger partial charge >= 0.3 is 0 Å². The number of terminal acetylenes is 1. The largest absolute Gasteiger partial charge is 0.371 e. The number of nitrogens with one attached hydrogen (secondary N) is 4. The number of aryl methyl sites for hydroxylation is 9. The molecule has 8 aromatic rings. The fourth-order valence-electron chi connectivity index (χ4n) is 15.5. The lowest BCUT2D eigenvalue weighted by atomic mass is 9.97. The van der Waals surface area contributed by atoms with Gasteiger partial charge in [-0.2, -0.15) is 27.4 Å². The first-order valence-corrected chi connectivity index (χ1v) is 44.7. The first-order valence-electron chi connectivity index (χ1n) is 37.9. The van der Waals surface area contributed by atoms with Crippen molar-refractivity contribution in [2.75, 3.05) is 111 Å². The molecule has 0 amide bonds. The number of anilines is 4. The molecule has 28 heteroatoms. The van der Waals surface area contributed by atoms with E-state index in [4.69, 9.17) is 16.7 Å². The molecule has 0 bridgehead atoms. The van der Waals surface area contributed by atoms with Crippen LogP contribution in [0.25, 0.3) is 43.6 Å². The van der Waals surface area contributed by atoms with Crippen LogP contribution in [-0.4, -0.2) is 145 Å². The molecule has 8 N–H and O–H groups in total. The fraction of sp³-hybridized carbons (Fsp3) is 0.506. The molecule has 4 aromatic carbocycles. The molecule has 4 saturated heterocycles. The SMILES string of the molecule is C#Cc1cnc2cc(C)c(C)cc2c1N1CCC[C@@H](CCNS(N)(=O)=O)CC1.Cc1cc2ncc(C#N)c(N3CCCC(CNS(C)(=O)=O)CC3)c2cc1C.Cc1cc2ncc(C#N)c(N3CCC[C@H](CNS(C)(=O)=O)CC3)c2cc1C.Cc1cc2ncc(C)c(N3CCCC(CCNS(N)(=O)=O)CC3)c2cc1C. The smallest absolute Gasteiger partial charge is 0.274 e. The van der Waals surface area contributed by atoms with Gasteiger partial charge in [-0.05, 0) is 274 Å². The maximum atomic E-state index is 11.4. The molecular weight excluding hydrogens is 1450 g/mol. The summed E-state index contributed by atoms with van der Waals surface area (Å²) >= 11 is 0. The number of fused-ring (bicyclic) bond motifs is 4. The normalized spacial score (nSPS) is 18.3. The lowest BCUT2D eigenvalue weighted by molar-refractivity contribution is 0.438. The average Bonchev–Trinajstić information content (AvgIpc) is 1.43. The van der Waals surface area contributed by atoms with Crippen LogP contribution in [0.1, 0.15) is 157 Å². The van der Waals surface area contributed by atoms with Crippen molar-refractivity contribution in [2.24, 2.45) is 33.9 Å². The molecule has 586 valence electrons. The number of hydrogen-bond donors (Lipinski definition) is 6. The van der Waals surface area contributed by atoms with Gasteiger partial charge in [0.05, 0.1) is 74.0 Å². The Balaban J connectivity index is 0.000000167. The summed E-state index contributed by atoms with van der Waals surface area (Å²) in [6, 6.07) is 21.7. The second-order valence-electron chi connectivity index (χ2n) is 30.4. The third kappa shape index (κ3) is 23.9. The highest BCUT2D eigenvalue weighted by atomic mass is 32.2. The number of benzene rings is 4. The minimum Gasteiger partial charge on any atom is -0.371 e. The van der Waals surface area contributed by atoms with Crippen molar-refractivity contribution in [3.8, 4) is 24.5 Å². The highest BCUT2D eigenvalue weighted by molar-refractivity contribution is 7.89. The maximum absolute atomic E-state index is 11.4. The Hall–Kier alpha value is -8.18. The van der Waals surface area contributed by atoms with Gasteiger partial charge in [0.25, 0.3) is 20.4 Å². The van der Waals surface area contributed by atoms with Crippen LogP contribution in [0.2, 0.25) is 0 Å². The van der Waals surface area contributed by atoms with E-state index in [1.54, 1.807) is 18.6 Å². The lowest BCUT2D eigenvalue weighted by Crippen LogP contribution is -2.32. The molecule has 0 aliphatic carbocycles. The zero-order chi connectivity index (χ0) is 79.1. The molecule has 0 saturated carbocycles. The van der Waals surface area contributed by atoms with E-state index in [-0.39, 0.29) is 0 Å². The molecule has 4 aliphatic rings. The molecule has 0 spiro atoms. The van der Waals surface area contributed by atoms with E-state index in [9.17, 15) is 44.2 Å². The van der Waals surface area contributed by atoms with Gasteiger partial charge in [-0.15, -0.1) is 6.42 Å². The Kier molecular flexibility index (Phi) is 29.3. The third-order valence-corrected chi connectivity index (χ3v) is 24.6. The highest BCUT2D eigenvalue weighted by Gasteiger charge is 2.28. The van der Waals surface area contributed by atoms with E-state index in [1.807, 2.05) is 6.20 Å². The van der Waals surface area contributed by atoms with E-state index in [2.05, 4.69) is 187 Å². The molecule has 0 radical (unpaired) electrons. The first kappa shape index (κ1) is 84.8. The van der Waals surface area contributed by atoms with Gasteiger partial charge in [0.2, 0.25) is 20.0 Å². The van der Waals surface area contributed by atoms with E-state index in [1.165, 1.54) is 73.7 Å². The molecular formula is C81H110N16O8S4. The van der Waals surface area contributed by atoms with Gasteiger partial charge < -0.3 is 19.6 Å². The number of nitrogens with zero attached hydrogens (tertiary/aromatic N) is 10. The molecule has 2 unspecified atom stereocenters. The van der Waals surface area contributed by atoms with Crippen molar-refractivity contribution >= 4 is 107 Å². The summed E-state index contributed by atoms with van der Waals surface area (Å²) in [6.45, 7) is 27.8. The van der Waals surface area contributed by atoms with Gasteiger partial charge in [0.1, 0.15) is 12.1 Å². The minimum atomic E-state index is -3.62. The second-order valence-corrected chi connectivity index (χ2v) is 36.8. The minimum absolute atomic E-state index is 0.312. The van der Waals surface area contributed by atoms with E-state index in [0.717, 1.165) is 203 Å². The quantitative estimate of drug-likeness (QED) is 0.0435. The molecule has 12 rings (SSSR count). The molecule has 24 nitrogen and oxygen atoms in total. The van der Waals surface area contributed by atoms with Crippen molar-refractivity contribution in [1.82, 2.24) is 38.8 Å². The van der Waals surface area contributed by atoms with Crippen LogP contribution >= 0.6 is 0 Å².